The third kappa shape index (κ3) is 3.64. The molecule has 7 heteroatoms. The fraction of sp³-hybridized carbons (Fsp3) is 0.308. The Morgan fingerprint density at radius 1 is 1.30 bits per heavy atom. The van der Waals surface area contributed by atoms with Crippen molar-refractivity contribution in [3.05, 3.63) is 44.9 Å². The SMILES string of the molecule is Cc1nc(C(C)Nc2cc(Cl)cc(C(F)(F)F)c2)cs1. The quantitative estimate of drug-likeness (QED) is 0.830. The minimum Gasteiger partial charge on any atom is -0.377 e. The maximum Gasteiger partial charge on any atom is 0.416 e. The number of anilines is 1. The standard InChI is InChI=1S/C13H12ClF3N2S/c1-7(12-6-20-8(2)19-12)18-11-4-9(13(15,16)17)3-10(14)5-11/h3-7,18H,1-2H3. The minimum absolute atomic E-state index is 0.0454. The molecule has 0 spiro atoms. The van der Waals surface area contributed by atoms with Crippen molar-refractivity contribution >= 4 is 28.6 Å². The Morgan fingerprint density at radius 3 is 2.55 bits per heavy atom. The van der Waals surface area contributed by atoms with E-state index < -0.39 is 11.7 Å². The zero-order valence-electron chi connectivity index (χ0n) is 10.8. The summed E-state index contributed by atoms with van der Waals surface area (Å²) in [6, 6.07) is 3.22. The Kier molecular flexibility index (Phi) is 4.25. The molecular weight excluding hydrogens is 309 g/mol. The van der Waals surface area contributed by atoms with Crippen molar-refractivity contribution < 1.29 is 13.2 Å². The van der Waals surface area contributed by atoms with Crippen LogP contribution >= 0.6 is 22.9 Å². The summed E-state index contributed by atoms with van der Waals surface area (Å²) in [4.78, 5) is 4.30. The van der Waals surface area contributed by atoms with E-state index in [1.807, 2.05) is 19.2 Å². The van der Waals surface area contributed by atoms with Gasteiger partial charge in [-0.05, 0) is 32.0 Å². The number of aromatic nitrogens is 1. The molecule has 0 saturated carbocycles. The molecule has 0 bridgehead atoms. The van der Waals surface area contributed by atoms with Crippen molar-refractivity contribution in [3.63, 3.8) is 0 Å². The highest BCUT2D eigenvalue weighted by Crippen LogP contribution is 2.34. The van der Waals surface area contributed by atoms with E-state index in [0.29, 0.717) is 5.69 Å². The molecular formula is C13H12ClF3N2S. The van der Waals surface area contributed by atoms with E-state index in [2.05, 4.69) is 10.3 Å². The molecule has 0 aliphatic heterocycles. The summed E-state index contributed by atoms with van der Waals surface area (Å²) in [5.74, 6) is 0. The number of rotatable bonds is 3. The molecule has 0 fully saturated rings. The van der Waals surface area contributed by atoms with Gasteiger partial charge in [-0.25, -0.2) is 4.98 Å². The first-order valence-electron chi connectivity index (χ1n) is 5.82. The second-order valence-electron chi connectivity index (χ2n) is 4.38. The van der Waals surface area contributed by atoms with Crippen LogP contribution in [0.15, 0.2) is 23.6 Å². The molecule has 0 aliphatic carbocycles. The number of thiazole rings is 1. The number of hydrogen-bond donors (Lipinski definition) is 1. The number of aryl methyl sites for hydroxylation is 1. The molecule has 0 amide bonds. The van der Waals surface area contributed by atoms with Crippen molar-refractivity contribution in [1.29, 1.82) is 0 Å². The molecule has 2 aromatic rings. The van der Waals surface area contributed by atoms with Crippen LogP contribution in [0.4, 0.5) is 18.9 Å². The van der Waals surface area contributed by atoms with E-state index in [9.17, 15) is 13.2 Å². The van der Waals surface area contributed by atoms with Crippen molar-refractivity contribution in [2.24, 2.45) is 0 Å². The van der Waals surface area contributed by atoms with E-state index in [1.165, 1.54) is 17.4 Å². The molecule has 1 aromatic carbocycles. The molecule has 1 unspecified atom stereocenters. The zero-order chi connectivity index (χ0) is 14.9. The molecule has 1 heterocycles. The van der Waals surface area contributed by atoms with E-state index in [4.69, 9.17) is 11.6 Å². The van der Waals surface area contributed by atoms with Gasteiger partial charge in [0.25, 0.3) is 0 Å². The molecule has 0 radical (unpaired) electrons. The van der Waals surface area contributed by atoms with Crippen LogP contribution in [0.25, 0.3) is 0 Å². The van der Waals surface area contributed by atoms with E-state index in [0.717, 1.165) is 22.8 Å². The fourth-order valence-electron chi connectivity index (χ4n) is 1.74. The first-order valence-corrected chi connectivity index (χ1v) is 7.08. The lowest BCUT2D eigenvalue weighted by Crippen LogP contribution is -2.10. The Labute approximate surface area is 123 Å². The predicted molar refractivity (Wildman–Crippen MR) is 75.3 cm³/mol. The van der Waals surface area contributed by atoms with E-state index in [1.54, 1.807) is 0 Å². The van der Waals surface area contributed by atoms with Gasteiger partial charge in [-0.15, -0.1) is 11.3 Å². The average Bonchev–Trinajstić information content (AvgIpc) is 2.74. The van der Waals surface area contributed by atoms with Gasteiger partial charge in [-0.2, -0.15) is 13.2 Å². The van der Waals surface area contributed by atoms with Crippen molar-refractivity contribution in [1.82, 2.24) is 4.98 Å². The third-order valence-electron chi connectivity index (χ3n) is 2.69. The van der Waals surface area contributed by atoms with Crippen LogP contribution in [0, 0.1) is 6.92 Å². The van der Waals surface area contributed by atoms with Crippen LogP contribution in [-0.4, -0.2) is 4.98 Å². The maximum absolute atomic E-state index is 12.7. The smallest absolute Gasteiger partial charge is 0.377 e. The molecule has 2 rings (SSSR count). The summed E-state index contributed by atoms with van der Waals surface area (Å²) in [6.07, 6.45) is -4.41. The van der Waals surface area contributed by atoms with Gasteiger partial charge in [-0.3, -0.25) is 0 Å². The predicted octanol–water partition coefficient (Wildman–Crippen LogP) is 5.30. The molecule has 108 valence electrons. The Bertz CT molecular complexity index is 610. The second kappa shape index (κ2) is 5.61. The summed E-state index contributed by atoms with van der Waals surface area (Å²) in [5, 5.41) is 5.82. The Balaban J connectivity index is 2.23. The highest BCUT2D eigenvalue weighted by Gasteiger charge is 2.31. The van der Waals surface area contributed by atoms with Crippen LogP contribution in [0.3, 0.4) is 0 Å². The number of alkyl halides is 3. The summed E-state index contributed by atoms with van der Waals surface area (Å²) < 4.78 is 38.1. The van der Waals surface area contributed by atoms with Gasteiger partial charge in [0.2, 0.25) is 0 Å². The van der Waals surface area contributed by atoms with Crippen LogP contribution in [0.5, 0.6) is 0 Å². The van der Waals surface area contributed by atoms with Gasteiger partial charge in [0.05, 0.1) is 22.3 Å². The van der Waals surface area contributed by atoms with Gasteiger partial charge in [0.1, 0.15) is 0 Å². The van der Waals surface area contributed by atoms with Crippen LogP contribution < -0.4 is 5.32 Å². The van der Waals surface area contributed by atoms with Gasteiger partial charge in [-0.1, -0.05) is 11.6 Å². The maximum atomic E-state index is 12.7. The monoisotopic (exact) mass is 320 g/mol. The molecule has 1 atom stereocenters. The normalized spacial score (nSPS) is 13.3. The largest absolute Gasteiger partial charge is 0.416 e. The molecule has 0 aliphatic rings. The van der Waals surface area contributed by atoms with E-state index >= 15 is 0 Å². The van der Waals surface area contributed by atoms with Gasteiger partial charge in [0, 0.05) is 16.1 Å². The van der Waals surface area contributed by atoms with Crippen molar-refractivity contribution in [2.45, 2.75) is 26.1 Å². The second-order valence-corrected chi connectivity index (χ2v) is 5.88. The zero-order valence-corrected chi connectivity index (χ0v) is 12.3. The van der Waals surface area contributed by atoms with Crippen molar-refractivity contribution in [3.8, 4) is 0 Å². The minimum atomic E-state index is -4.41. The average molecular weight is 321 g/mol. The van der Waals surface area contributed by atoms with Crippen LogP contribution in [-0.2, 0) is 6.18 Å². The molecule has 1 aromatic heterocycles. The van der Waals surface area contributed by atoms with Crippen LogP contribution in [0.2, 0.25) is 5.02 Å². The lowest BCUT2D eigenvalue weighted by Gasteiger charge is -2.15. The van der Waals surface area contributed by atoms with Crippen LogP contribution in [0.1, 0.15) is 29.2 Å². The molecule has 20 heavy (non-hydrogen) atoms. The Hall–Kier alpha value is -1.27. The molecule has 1 N–H and O–H groups in total. The van der Waals surface area contributed by atoms with Gasteiger partial charge in [0.15, 0.2) is 0 Å². The number of halogens is 4. The summed E-state index contributed by atoms with van der Waals surface area (Å²) in [6.45, 7) is 3.71. The topological polar surface area (TPSA) is 24.9 Å². The lowest BCUT2D eigenvalue weighted by molar-refractivity contribution is -0.137. The number of hydrogen-bond acceptors (Lipinski definition) is 3. The van der Waals surface area contributed by atoms with E-state index in [-0.39, 0.29) is 11.1 Å². The fourth-order valence-corrected chi connectivity index (χ4v) is 2.68. The summed E-state index contributed by atoms with van der Waals surface area (Å²) >= 11 is 7.23. The highest BCUT2D eigenvalue weighted by molar-refractivity contribution is 7.09. The molecule has 0 saturated heterocycles. The van der Waals surface area contributed by atoms with Gasteiger partial charge < -0.3 is 5.32 Å². The van der Waals surface area contributed by atoms with Crippen molar-refractivity contribution in [2.75, 3.05) is 5.32 Å². The first kappa shape index (κ1) is 15.1. The van der Waals surface area contributed by atoms with Gasteiger partial charge >= 0.3 is 6.18 Å². The Morgan fingerprint density at radius 2 is 2.00 bits per heavy atom. The number of nitrogens with one attached hydrogen (secondary N) is 1. The highest BCUT2D eigenvalue weighted by atomic mass is 35.5. The first-order chi connectivity index (χ1) is 9.25. The molecule has 2 nitrogen and oxygen atoms in total. The number of benzene rings is 1. The summed E-state index contributed by atoms with van der Waals surface area (Å²) in [7, 11) is 0. The summed E-state index contributed by atoms with van der Waals surface area (Å²) in [5.41, 5.74) is 0.346. The number of nitrogens with zero attached hydrogens (tertiary/aromatic N) is 1. The third-order valence-corrected chi connectivity index (χ3v) is 3.70. The lowest BCUT2D eigenvalue weighted by atomic mass is 10.1.